The fourth-order valence-electron chi connectivity index (χ4n) is 2.49. The maximum absolute atomic E-state index is 12.9. The molecule has 0 radical (unpaired) electrons. The van der Waals surface area contributed by atoms with Gasteiger partial charge in [0.15, 0.2) is 0 Å². The van der Waals surface area contributed by atoms with Gasteiger partial charge in [-0.3, -0.25) is 4.79 Å². The van der Waals surface area contributed by atoms with Gasteiger partial charge >= 0.3 is 5.97 Å². The number of ether oxygens (including phenoxy) is 2. The van der Waals surface area contributed by atoms with E-state index < -0.39 is 21.9 Å². The van der Waals surface area contributed by atoms with Crippen LogP contribution in [0.3, 0.4) is 0 Å². The minimum Gasteiger partial charge on any atom is -0.495 e. The highest BCUT2D eigenvalue weighted by Crippen LogP contribution is 2.28. The molecular weight excluding hydrogens is 420 g/mol. The number of amides is 1. The largest absolute Gasteiger partial charge is 0.495 e. The smallest absolute Gasteiger partial charge is 0.337 e. The van der Waals surface area contributed by atoms with Crippen LogP contribution < -0.4 is 10.1 Å². The van der Waals surface area contributed by atoms with Crippen LogP contribution in [-0.2, 0) is 19.6 Å². The first kappa shape index (κ1) is 22.7. The fourth-order valence-corrected chi connectivity index (χ4v) is 4.25. The van der Waals surface area contributed by atoms with Crippen LogP contribution in [0.1, 0.15) is 17.3 Å². The zero-order valence-corrected chi connectivity index (χ0v) is 17.7. The number of halogens is 1. The van der Waals surface area contributed by atoms with Gasteiger partial charge in [0.05, 0.1) is 36.2 Å². The molecular formula is C19H21ClN2O6S. The molecule has 156 valence electrons. The summed E-state index contributed by atoms with van der Waals surface area (Å²) in [7, 11) is -1.24. The van der Waals surface area contributed by atoms with Crippen molar-refractivity contribution in [3.05, 3.63) is 53.1 Å². The molecule has 0 aromatic heterocycles. The summed E-state index contributed by atoms with van der Waals surface area (Å²) in [6, 6.07) is 10.1. The van der Waals surface area contributed by atoms with Gasteiger partial charge < -0.3 is 14.8 Å². The molecule has 0 bridgehead atoms. The van der Waals surface area contributed by atoms with Crippen molar-refractivity contribution >= 4 is 39.2 Å². The Morgan fingerprint density at radius 1 is 1.10 bits per heavy atom. The van der Waals surface area contributed by atoms with Crippen molar-refractivity contribution in [1.29, 1.82) is 0 Å². The maximum Gasteiger partial charge on any atom is 0.337 e. The summed E-state index contributed by atoms with van der Waals surface area (Å²) in [5, 5.41) is 2.75. The van der Waals surface area contributed by atoms with Gasteiger partial charge in [-0.05, 0) is 42.5 Å². The Bertz CT molecular complexity index is 992. The molecule has 1 amide bonds. The van der Waals surface area contributed by atoms with Crippen LogP contribution in [0, 0.1) is 0 Å². The summed E-state index contributed by atoms with van der Waals surface area (Å²) >= 11 is 6.02. The Kier molecular flexibility index (Phi) is 7.60. The number of methoxy groups -OCH3 is 2. The van der Waals surface area contributed by atoms with E-state index in [4.69, 9.17) is 16.3 Å². The molecule has 0 unspecified atom stereocenters. The van der Waals surface area contributed by atoms with E-state index >= 15 is 0 Å². The third-order valence-electron chi connectivity index (χ3n) is 4.02. The van der Waals surface area contributed by atoms with E-state index in [2.05, 4.69) is 10.1 Å². The molecule has 10 heteroatoms. The van der Waals surface area contributed by atoms with Crippen LogP contribution in [0.4, 0.5) is 5.69 Å². The molecule has 0 saturated carbocycles. The number of likely N-dealkylation sites (N-methyl/N-ethyl adjacent to an activating group) is 1. The second-order valence-corrected chi connectivity index (χ2v) is 8.19. The van der Waals surface area contributed by atoms with Crippen LogP contribution in [-0.4, -0.2) is 51.9 Å². The van der Waals surface area contributed by atoms with E-state index in [-0.39, 0.29) is 23.0 Å². The molecule has 0 saturated heterocycles. The highest BCUT2D eigenvalue weighted by Gasteiger charge is 2.26. The number of esters is 1. The third-order valence-corrected chi connectivity index (χ3v) is 6.24. The first-order chi connectivity index (χ1) is 13.7. The predicted octanol–water partition coefficient (Wildman–Crippen LogP) is 2.78. The van der Waals surface area contributed by atoms with E-state index in [1.165, 1.54) is 56.7 Å². The lowest BCUT2D eigenvalue weighted by Crippen LogP contribution is -2.37. The lowest BCUT2D eigenvalue weighted by atomic mass is 10.2. The minimum absolute atomic E-state index is 0.0413. The van der Waals surface area contributed by atoms with E-state index in [0.717, 1.165) is 4.31 Å². The molecule has 2 aromatic carbocycles. The van der Waals surface area contributed by atoms with E-state index in [0.29, 0.717) is 17.0 Å². The molecule has 0 heterocycles. The van der Waals surface area contributed by atoms with Crippen LogP contribution in [0.25, 0.3) is 0 Å². The Morgan fingerprint density at radius 3 is 2.28 bits per heavy atom. The van der Waals surface area contributed by atoms with Crippen LogP contribution in [0.5, 0.6) is 5.75 Å². The van der Waals surface area contributed by atoms with Crippen molar-refractivity contribution in [2.45, 2.75) is 11.8 Å². The van der Waals surface area contributed by atoms with Gasteiger partial charge in [0.1, 0.15) is 5.75 Å². The van der Waals surface area contributed by atoms with Gasteiger partial charge in [-0.25, -0.2) is 13.2 Å². The summed E-state index contributed by atoms with van der Waals surface area (Å²) in [5.74, 6) is -0.674. The average molecular weight is 441 g/mol. The minimum atomic E-state index is -3.94. The molecule has 29 heavy (non-hydrogen) atoms. The molecule has 1 N–H and O–H groups in total. The Labute approximate surface area is 174 Å². The molecule has 0 aliphatic rings. The van der Waals surface area contributed by atoms with Crippen molar-refractivity contribution in [2.75, 3.05) is 32.6 Å². The van der Waals surface area contributed by atoms with Crippen LogP contribution in [0.2, 0.25) is 5.02 Å². The van der Waals surface area contributed by atoms with Gasteiger partial charge in [-0.2, -0.15) is 4.31 Å². The van der Waals surface area contributed by atoms with Crippen LogP contribution in [0.15, 0.2) is 47.4 Å². The number of nitrogens with zero attached hydrogens (tertiary/aromatic N) is 1. The zero-order valence-electron chi connectivity index (χ0n) is 16.1. The average Bonchev–Trinajstić information content (AvgIpc) is 2.71. The van der Waals surface area contributed by atoms with Crippen molar-refractivity contribution < 1.29 is 27.5 Å². The lowest BCUT2D eigenvalue weighted by Gasteiger charge is -2.20. The normalized spacial score (nSPS) is 11.2. The first-order valence-corrected chi connectivity index (χ1v) is 10.4. The van der Waals surface area contributed by atoms with Crippen molar-refractivity contribution in [1.82, 2.24) is 4.31 Å². The monoisotopic (exact) mass is 440 g/mol. The van der Waals surface area contributed by atoms with E-state index in [1.54, 1.807) is 6.92 Å². The summed E-state index contributed by atoms with van der Waals surface area (Å²) in [5.41, 5.74) is 0.753. The quantitative estimate of drug-likeness (QED) is 0.633. The Morgan fingerprint density at radius 2 is 1.76 bits per heavy atom. The second kappa shape index (κ2) is 9.73. The van der Waals surface area contributed by atoms with Gasteiger partial charge in [0.2, 0.25) is 15.9 Å². The topological polar surface area (TPSA) is 102 Å². The number of nitrogens with one attached hydrogen (secondary N) is 1. The van der Waals surface area contributed by atoms with E-state index in [1.807, 2.05) is 0 Å². The van der Waals surface area contributed by atoms with Crippen molar-refractivity contribution in [3.63, 3.8) is 0 Å². The summed E-state index contributed by atoms with van der Waals surface area (Å²) in [4.78, 5) is 23.7. The fraction of sp³-hybridized carbons (Fsp3) is 0.263. The van der Waals surface area contributed by atoms with Gasteiger partial charge in [0, 0.05) is 12.2 Å². The number of carbonyl (C=O) groups is 2. The number of anilines is 1. The Hall–Kier alpha value is -2.62. The SMILES string of the molecule is CCN(CC(=O)Nc1ccc(C(=O)OC)cc1)S(=O)(=O)c1ccc(OC)c(Cl)c1. The van der Waals surface area contributed by atoms with Crippen molar-refractivity contribution in [3.8, 4) is 5.75 Å². The number of rotatable bonds is 8. The number of hydrogen-bond acceptors (Lipinski definition) is 6. The van der Waals surface area contributed by atoms with Crippen molar-refractivity contribution in [2.24, 2.45) is 0 Å². The number of carbonyl (C=O) groups excluding carboxylic acids is 2. The molecule has 0 fully saturated rings. The second-order valence-electron chi connectivity index (χ2n) is 5.84. The summed E-state index contributed by atoms with van der Waals surface area (Å²) in [6.07, 6.45) is 0. The molecule has 0 aliphatic heterocycles. The van der Waals surface area contributed by atoms with Gasteiger partial charge in [0.25, 0.3) is 0 Å². The highest BCUT2D eigenvalue weighted by molar-refractivity contribution is 7.89. The number of benzene rings is 2. The maximum atomic E-state index is 12.9. The number of sulfonamides is 1. The Balaban J connectivity index is 2.12. The predicted molar refractivity (Wildman–Crippen MR) is 109 cm³/mol. The third kappa shape index (κ3) is 5.47. The summed E-state index contributed by atoms with van der Waals surface area (Å²) < 4.78 is 36.4. The van der Waals surface area contributed by atoms with Gasteiger partial charge in [-0.1, -0.05) is 18.5 Å². The standard InChI is InChI=1S/C19H21ClN2O6S/c1-4-22(29(25,26)15-9-10-17(27-2)16(20)11-15)12-18(23)21-14-7-5-13(6-8-14)19(24)28-3/h5-11H,4,12H2,1-3H3,(H,21,23). The molecule has 2 aromatic rings. The molecule has 0 atom stereocenters. The molecule has 0 spiro atoms. The van der Waals surface area contributed by atoms with Crippen LogP contribution >= 0.6 is 11.6 Å². The molecule has 0 aliphatic carbocycles. The number of hydrogen-bond donors (Lipinski definition) is 1. The summed E-state index contributed by atoms with van der Waals surface area (Å²) in [6.45, 7) is 1.32. The first-order valence-electron chi connectivity index (χ1n) is 8.54. The van der Waals surface area contributed by atoms with E-state index in [9.17, 15) is 18.0 Å². The molecule has 2 rings (SSSR count). The zero-order chi connectivity index (χ0) is 21.6. The molecule has 8 nitrogen and oxygen atoms in total. The highest BCUT2D eigenvalue weighted by atomic mass is 35.5. The van der Waals surface area contributed by atoms with Gasteiger partial charge in [-0.15, -0.1) is 0 Å². The lowest BCUT2D eigenvalue weighted by molar-refractivity contribution is -0.116.